The van der Waals surface area contributed by atoms with Gasteiger partial charge in [-0.15, -0.1) is 0 Å². The van der Waals surface area contributed by atoms with Crippen molar-refractivity contribution in [1.82, 2.24) is 14.9 Å². The maximum absolute atomic E-state index is 13.9. The lowest BCUT2D eigenvalue weighted by molar-refractivity contribution is 0.0648. The number of nitrogens with zero attached hydrogens (tertiary/aromatic N) is 4. The van der Waals surface area contributed by atoms with Crippen molar-refractivity contribution >= 4 is 5.91 Å². The molecule has 0 radical (unpaired) electrons. The van der Waals surface area contributed by atoms with Crippen molar-refractivity contribution in [2.24, 2.45) is 5.41 Å². The fraction of sp³-hybridized carbons (Fsp3) is 0.250. The van der Waals surface area contributed by atoms with Gasteiger partial charge in [0.2, 0.25) is 0 Å². The molecule has 1 aromatic heterocycles. The molecule has 0 aliphatic carbocycles. The van der Waals surface area contributed by atoms with Crippen molar-refractivity contribution in [2.75, 3.05) is 13.1 Å². The van der Waals surface area contributed by atoms with E-state index in [9.17, 15) is 18.8 Å². The highest BCUT2D eigenvalue weighted by Gasteiger charge is 2.37. The number of nitriles is 1. The molecule has 4 rings (SSSR count). The SMILES string of the molecule is N#CC1(Cc2ccc(F)cc2)CCN(C(=O)c2ccc(F)cc2-c2ccncn2)CC1. The van der Waals surface area contributed by atoms with Gasteiger partial charge in [0.25, 0.3) is 5.91 Å². The Balaban J connectivity index is 1.52. The third kappa shape index (κ3) is 4.43. The van der Waals surface area contributed by atoms with Gasteiger partial charge < -0.3 is 4.90 Å². The van der Waals surface area contributed by atoms with Gasteiger partial charge in [0.15, 0.2) is 0 Å². The third-order valence-electron chi connectivity index (χ3n) is 5.77. The predicted molar refractivity (Wildman–Crippen MR) is 111 cm³/mol. The van der Waals surface area contributed by atoms with Crippen molar-refractivity contribution in [3.8, 4) is 17.3 Å². The molecule has 1 aliphatic heterocycles. The van der Waals surface area contributed by atoms with Crippen molar-refractivity contribution in [3.63, 3.8) is 0 Å². The minimum atomic E-state index is -0.604. The van der Waals surface area contributed by atoms with Crippen LogP contribution in [0.4, 0.5) is 8.78 Å². The Morgan fingerprint density at radius 3 is 2.42 bits per heavy atom. The summed E-state index contributed by atoms with van der Waals surface area (Å²) in [7, 11) is 0. The normalized spacial score (nSPS) is 15.3. The molecule has 0 spiro atoms. The fourth-order valence-corrected chi connectivity index (χ4v) is 3.99. The summed E-state index contributed by atoms with van der Waals surface area (Å²) in [5, 5.41) is 9.84. The molecule has 1 fully saturated rings. The number of likely N-dealkylation sites (tertiary alicyclic amines) is 1. The number of benzene rings is 2. The molecule has 2 aromatic carbocycles. The standard InChI is InChI=1S/C24H20F2N4O/c25-18-3-1-17(2-4-18)14-24(15-27)8-11-30(12-9-24)23(31)20-6-5-19(26)13-21(20)22-7-10-28-16-29-22/h1-7,10,13,16H,8-9,11-12,14H2. The van der Waals surface area contributed by atoms with E-state index in [-0.39, 0.29) is 11.7 Å². The Kier molecular flexibility index (Phi) is 5.72. The van der Waals surface area contributed by atoms with E-state index in [0.29, 0.717) is 49.2 Å². The number of aromatic nitrogens is 2. The van der Waals surface area contributed by atoms with Crippen LogP contribution in [0, 0.1) is 28.4 Å². The summed E-state index contributed by atoms with van der Waals surface area (Å²) in [5.41, 5.74) is 1.54. The number of amides is 1. The largest absolute Gasteiger partial charge is 0.339 e. The molecule has 31 heavy (non-hydrogen) atoms. The van der Waals surface area contributed by atoms with Gasteiger partial charge in [0.1, 0.15) is 18.0 Å². The van der Waals surface area contributed by atoms with Crippen molar-refractivity contribution in [3.05, 3.63) is 83.8 Å². The first-order chi connectivity index (χ1) is 15.0. The quantitative estimate of drug-likeness (QED) is 0.629. The van der Waals surface area contributed by atoms with E-state index in [1.165, 1.54) is 36.7 Å². The first-order valence-electron chi connectivity index (χ1n) is 10.0. The Bertz CT molecular complexity index is 1120. The van der Waals surface area contributed by atoms with Crippen molar-refractivity contribution < 1.29 is 13.6 Å². The van der Waals surface area contributed by atoms with Gasteiger partial charge in [-0.05, 0) is 61.2 Å². The van der Waals surface area contributed by atoms with Gasteiger partial charge >= 0.3 is 0 Å². The average molecular weight is 418 g/mol. The van der Waals surface area contributed by atoms with Gasteiger partial charge in [-0.2, -0.15) is 5.26 Å². The zero-order chi connectivity index (χ0) is 21.8. The van der Waals surface area contributed by atoms with E-state index in [0.717, 1.165) is 5.56 Å². The maximum Gasteiger partial charge on any atom is 0.254 e. The Hall–Kier alpha value is -3.66. The molecule has 1 saturated heterocycles. The van der Waals surface area contributed by atoms with Crippen LogP contribution in [0.25, 0.3) is 11.3 Å². The van der Waals surface area contributed by atoms with E-state index in [2.05, 4.69) is 16.0 Å². The smallest absolute Gasteiger partial charge is 0.254 e. The van der Waals surface area contributed by atoms with Crippen LogP contribution in [0.2, 0.25) is 0 Å². The summed E-state index contributed by atoms with van der Waals surface area (Å²) in [6, 6.07) is 14.3. The van der Waals surface area contributed by atoms with Crippen LogP contribution in [-0.2, 0) is 6.42 Å². The number of carbonyl (C=O) groups is 1. The molecular formula is C24H20F2N4O. The maximum atomic E-state index is 13.9. The first-order valence-corrected chi connectivity index (χ1v) is 10.0. The lowest BCUT2D eigenvalue weighted by atomic mass is 9.75. The van der Waals surface area contributed by atoms with Gasteiger partial charge in [0.05, 0.1) is 17.2 Å². The summed E-state index contributed by atoms with van der Waals surface area (Å²) in [6.45, 7) is 0.822. The molecule has 1 amide bonds. The lowest BCUT2D eigenvalue weighted by Crippen LogP contribution is -2.43. The van der Waals surface area contributed by atoms with E-state index in [1.807, 2.05) is 0 Å². The molecule has 0 atom stereocenters. The minimum absolute atomic E-state index is 0.220. The summed E-state index contributed by atoms with van der Waals surface area (Å²) in [5.74, 6) is -0.984. The van der Waals surface area contributed by atoms with Crippen LogP contribution >= 0.6 is 0 Å². The Labute approximate surface area is 179 Å². The Morgan fingerprint density at radius 2 is 1.77 bits per heavy atom. The zero-order valence-electron chi connectivity index (χ0n) is 16.8. The first kappa shape index (κ1) is 20.6. The molecule has 3 aromatic rings. The summed E-state index contributed by atoms with van der Waals surface area (Å²) in [6.07, 6.45) is 4.42. The summed E-state index contributed by atoms with van der Waals surface area (Å²) in [4.78, 5) is 22.9. The second-order valence-electron chi connectivity index (χ2n) is 7.77. The van der Waals surface area contributed by atoms with Crippen LogP contribution in [-0.4, -0.2) is 33.9 Å². The molecule has 0 bridgehead atoms. The number of piperidine rings is 1. The van der Waals surface area contributed by atoms with E-state index < -0.39 is 11.2 Å². The van der Waals surface area contributed by atoms with Crippen LogP contribution in [0.1, 0.15) is 28.8 Å². The minimum Gasteiger partial charge on any atom is -0.339 e. The third-order valence-corrected chi connectivity index (χ3v) is 5.77. The van der Waals surface area contributed by atoms with Gasteiger partial charge in [-0.1, -0.05) is 12.1 Å². The lowest BCUT2D eigenvalue weighted by Gasteiger charge is -2.37. The highest BCUT2D eigenvalue weighted by Crippen LogP contribution is 2.35. The zero-order valence-corrected chi connectivity index (χ0v) is 16.8. The topological polar surface area (TPSA) is 69.9 Å². The van der Waals surface area contributed by atoms with Crippen LogP contribution in [0.3, 0.4) is 0 Å². The summed E-state index contributed by atoms with van der Waals surface area (Å²) >= 11 is 0. The molecule has 1 aliphatic rings. The predicted octanol–water partition coefficient (Wildman–Crippen LogP) is 4.41. The molecule has 156 valence electrons. The van der Waals surface area contributed by atoms with Crippen molar-refractivity contribution in [1.29, 1.82) is 5.26 Å². The molecule has 0 unspecified atom stereocenters. The van der Waals surface area contributed by atoms with E-state index >= 15 is 0 Å². The molecule has 0 saturated carbocycles. The second-order valence-corrected chi connectivity index (χ2v) is 7.77. The number of hydrogen-bond donors (Lipinski definition) is 0. The highest BCUT2D eigenvalue weighted by atomic mass is 19.1. The number of rotatable bonds is 4. The molecule has 0 N–H and O–H groups in total. The number of carbonyl (C=O) groups excluding carboxylic acids is 1. The van der Waals surface area contributed by atoms with E-state index in [4.69, 9.17) is 0 Å². The highest BCUT2D eigenvalue weighted by molar-refractivity contribution is 6.00. The van der Waals surface area contributed by atoms with Crippen LogP contribution < -0.4 is 0 Å². The molecule has 7 heteroatoms. The van der Waals surface area contributed by atoms with Gasteiger partial charge in [0, 0.05) is 30.4 Å². The fourth-order valence-electron chi connectivity index (χ4n) is 3.99. The van der Waals surface area contributed by atoms with Crippen LogP contribution in [0.15, 0.2) is 61.1 Å². The number of hydrogen-bond acceptors (Lipinski definition) is 4. The van der Waals surface area contributed by atoms with Gasteiger partial charge in [-0.3, -0.25) is 4.79 Å². The molecular weight excluding hydrogens is 398 g/mol. The van der Waals surface area contributed by atoms with Gasteiger partial charge in [-0.25, -0.2) is 18.7 Å². The monoisotopic (exact) mass is 418 g/mol. The average Bonchev–Trinajstić information content (AvgIpc) is 2.81. The second kappa shape index (κ2) is 8.60. The van der Waals surface area contributed by atoms with E-state index in [1.54, 1.807) is 29.3 Å². The Morgan fingerprint density at radius 1 is 1.06 bits per heavy atom. The number of halogens is 2. The van der Waals surface area contributed by atoms with Crippen LogP contribution in [0.5, 0.6) is 0 Å². The molecule has 2 heterocycles. The van der Waals surface area contributed by atoms with Crippen molar-refractivity contribution in [2.45, 2.75) is 19.3 Å². The summed E-state index contributed by atoms with van der Waals surface area (Å²) < 4.78 is 27.1. The molecule has 5 nitrogen and oxygen atoms in total.